The number of hydrogen-bond acceptors (Lipinski definition) is 10. The maximum absolute atomic E-state index is 9.32. The van der Waals surface area contributed by atoms with E-state index in [0.717, 1.165) is 17.0 Å². The largest absolute Gasteiger partial charge is 0.383 e. The van der Waals surface area contributed by atoms with E-state index in [9.17, 15) is 5.26 Å². The Bertz CT molecular complexity index is 1480. The maximum atomic E-state index is 9.32. The van der Waals surface area contributed by atoms with E-state index in [1.54, 1.807) is 23.9 Å². The van der Waals surface area contributed by atoms with E-state index in [4.69, 9.17) is 19.3 Å². The van der Waals surface area contributed by atoms with E-state index in [2.05, 4.69) is 52.4 Å². The Morgan fingerprint density at radius 3 is 2.44 bits per heavy atom. The van der Waals surface area contributed by atoms with Gasteiger partial charge in [-0.3, -0.25) is 4.98 Å². The third-order valence-corrected chi connectivity index (χ3v) is 5.51. The van der Waals surface area contributed by atoms with Crippen molar-refractivity contribution >= 4 is 12.1 Å². The summed E-state index contributed by atoms with van der Waals surface area (Å²) >= 11 is 0. The summed E-state index contributed by atoms with van der Waals surface area (Å²) in [6.45, 7) is 9.42. The normalized spacial score (nSPS) is 11.5. The predicted molar refractivity (Wildman–Crippen MR) is 143 cm³/mol. The molecule has 4 aromatic rings. The van der Waals surface area contributed by atoms with Crippen LogP contribution in [0.15, 0.2) is 54.7 Å². The van der Waals surface area contributed by atoms with Crippen molar-refractivity contribution in [1.82, 2.24) is 29.9 Å². The van der Waals surface area contributed by atoms with Crippen molar-refractivity contribution in [3.8, 4) is 28.7 Å². The van der Waals surface area contributed by atoms with Gasteiger partial charge in [-0.2, -0.15) is 14.9 Å². The molecule has 39 heavy (non-hydrogen) atoms. The molecule has 0 saturated carbocycles. The number of benzene rings is 1. The van der Waals surface area contributed by atoms with Gasteiger partial charge in [0, 0.05) is 29.8 Å². The topological polar surface area (TPSA) is 149 Å². The number of carbonyl (C=O) groups excluding carboxylic acids is 2. The minimum atomic E-state index is -0.0346. The molecule has 0 saturated heterocycles. The van der Waals surface area contributed by atoms with Gasteiger partial charge in [0.25, 0.3) is 0 Å². The first-order valence-corrected chi connectivity index (χ1v) is 12.2. The summed E-state index contributed by atoms with van der Waals surface area (Å²) in [5, 5.41) is 21.3. The molecule has 0 aliphatic heterocycles. The zero-order valence-corrected chi connectivity index (χ0v) is 22.5. The molecule has 11 nitrogen and oxygen atoms in total. The molecule has 4 rings (SSSR count). The zero-order valence-electron chi connectivity index (χ0n) is 22.5. The number of rotatable bonds is 8. The molecule has 0 amide bonds. The van der Waals surface area contributed by atoms with Crippen molar-refractivity contribution < 1.29 is 14.3 Å². The minimum Gasteiger partial charge on any atom is -0.383 e. The number of aromatic nitrogens is 6. The zero-order chi connectivity index (χ0) is 28.4. The van der Waals surface area contributed by atoms with Crippen LogP contribution in [0.4, 0.5) is 5.95 Å². The van der Waals surface area contributed by atoms with Crippen LogP contribution in [0.1, 0.15) is 44.6 Å². The number of hydrogen-bond donors (Lipinski definition) is 1. The first-order chi connectivity index (χ1) is 18.7. The number of nitriles is 1. The number of anilines is 1. The lowest BCUT2D eigenvalue weighted by atomic mass is 9.91. The number of nitrogens with one attached hydrogen (secondary N) is 1. The van der Waals surface area contributed by atoms with Gasteiger partial charge in [0.05, 0.1) is 48.1 Å². The smallest absolute Gasteiger partial charge is 0.373 e. The van der Waals surface area contributed by atoms with E-state index in [1.807, 2.05) is 49.5 Å². The van der Waals surface area contributed by atoms with Crippen molar-refractivity contribution in [3.63, 3.8) is 0 Å². The van der Waals surface area contributed by atoms with Gasteiger partial charge in [-0.1, -0.05) is 44.2 Å². The SMILES string of the molecule is COC[C@H](C)Nc1nc(-c2cccc(C#N)c2)cc(-c2cn(Cc3cccc(C(C)(C)C)n3)nn2)n1.O=C=O. The molecular formula is C28H30N8O3. The van der Waals surface area contributed by atoms with Gasteiger partial charge in [0.2, 0.25) is 5.95 Å². The van der Waals surface area contributed by atoms with Crippen LogP contribution in [0, 0.1) is 11.3 Å². The molecule has 0 aliphatic carbocycles. The Balaban J connectivity index is 0.00000134. The van der Waals surface area contributed by atoms with E-state index in [0.29, 0.717) is 41.7 Å². The van der Waals surface area contributed by atoms with Crippen LogP contribution in [0.2, 0.25) is 0 Å². The van der Waals surface area contributed by atoms with Gasteiger partial charge in [0.15, 0.2) is 0 Å². The monoisotopic (exact) mass is 526 g/mol. The summed E-state index contributed by atoms with van der Waals surface area (Å²) in [6, 6.07) is 17.4. The van der Waals surface area contributed by atoms with E-state index < -0.39 is 0 Å². The van der Waals surface area contributed by atoms with Crippen LogP contribution < -0.4 is 5.32 Å². The van der Waals surface area contributed by atoms with Gasteiger partial charge in [-0.15, -0.1) is 5.10 Å². The third kappa shape index (κ3) is 8.10. The molecular weight excluding hydrogens is 496 g/mol. The molecule has 0 radical (unpaired) electrons. The van der Waals surface area contributed by atoms with Crippen molar-refractivity contribution in [2.24, 2.45) is 0 Å². The number of methoxy groups -OCH3 is 1. The summed E-state index contributed by atoms with van der Waals surface area (Å²) in [7, 11) is 1.65. The fourth-order valence-corrected chi connectivity index (χ4v) is 3.70. The van der Waals surface area contributed by atoms with Crippen molar-refractivity contribution in [1.29, 1.82) is 5.26 Å². The molecule has 3 aromatic heterocycles. The van der Waals surface area contributed by atoms with Crippen LogP contribution in [-0.4, -0.2) is 55.9 Å². The van der Waals surface area contributed by atoms with E-state index in [-0.39, 0.29) is 17.6 Å². The summed E-state index contributed by atoms with van der Waals surface area (Å²) < 4.78 is 6.99. The lowest BCUT2D eigenvalue weighted by Gasteiger charge is -2.18. The highest BCUT2D eigenvalue weighted by atomic mass is 16.5. The van der Waals surface area contributed by atoms with Crippen molar-refractivity contribution in [2.75, 3.05) is 19.0 Å². The fraction of sp³-hybridized carbons (Fsp3) is 0.321. The highest BCUT2D eigenvalue weighted by Crippen LogP contribution is 2.25. The average molecular weight is 527 g/mol. The van der Waals surface area contributed by atoms with Gasteiger partial charge >= 0.3 is 6.15 Å². The standard InChI is InChI=1S/C27H30N8O.CO2/c1-18(17-36-5)29-26-31-22(20-9-6-8-19(12-20)14-28)13-23(32-26)24-16-35(34-33-24)15-21-10-7-11-25(30-21)27(2,3)4;2-1-3/h6-13,16,18H,15,17H2,1-5H3,(H,29,31,32);/t18-;/m0./s1. The summed E-state index contributed by atoms with van der Waals surface area (Å²) in [4.78, 5) is 30.4. The average Bonchev–Trinajstić information content (AvgIpc) is 3.37. The molecule has 0 unspecified atom stereocenters. The van der Waals surface area contributed by atoms with E-state index in [1.165, 1.54) is 0 Å². The molecule has 0 aliphatic rings. The molecule has 0 spiro atoms. The molecule has 1 N–H and O–H groups in total. The maximum Gasteiger partial charge on any atom is 0.373 e. The Labute approximate surface area is 226 Å². The number of pyridine rings is 1. The summed E-state index contributed by atoms with van der Waals surface area (Å²) in [5.74, 6) is 0.448. The van der Waals surface area contributed by atoms with Crippen LogP contribution in [0.25, 0.3) is 22.6 Å². The molecule has 0 fully saturated rings. The Kier molecular flexibility index (Phi) is 9.70. The van der Waals surface area contributed by atoms with Crippen LogP contribution in [-0.2, 0) is 26.3 Å². The molecule has 11 heteroatoms. The second-order valence-corrected chi connectivity index (χ2v) is 9.80. The summed E-state index contributed by atoms with van der Waals surface area (Å²) in [5.41, 5.74) is 5.20. The highest BCUT2D eigenvalue weighted by molar-refractivity contribution is 5.68. The minimum absolute atomic E-state index is 0.000363. The molecule has 1 atom stereocenters. The van der Waals surface area contributed by atoms with Gasteiger partial charge in [-0.05, 0) is 37.3 Å². The molecule has 3 heterocycles. The first kappa shape index (κ1) is 28.8. The van der Waals surface area contributed by atoms with Gasteiger partial charge < -0.3 is 10.1 Å². The van der Waals surface area contributed by atoms with Crippen LogP contribution in [0.5, 0.6) is 0 Å². The molecule has 0 bridgehead atoms. The quantitative estimate of drug-likeness (QED) is 0.358. The Morgan fingerprint density at radius 2 is 1.74 bits per heavy atom. The fourth-order valence-electron chi connectivity index (χ4n) is 3.70. The second kappa shape index (κ2) is 13.1. The van der Waals surface area contributed by atoms with E-state index >= 15 is 0 Å². The molecule has 200 valence electrons. The number of nitrogens with zero attached hydrogens (tertiary/aromatic N) is 7. The van der Waals surface area contributed by atoms with Crippen molar-refractivity contribution in [3.05, 3.63) is 71.7 Å². The van der Waals surface area contributed by atoms with Crippen LogP contribution in [0.3, 0.4) is 0 Å². The van der Waals surface area contributed by atoms with Crippen LogP contribution >= 0.6 is 0 Å². The Morgan fingerprint density at radius 1 is 1.03 bits per heavy atom. The Hall–Kier alpha value is -4.78. The predicted octanol–water partition coefficient (Wildman–Crippen LogP) is 3.88. The molecule has 1 aromatic carbocycles. The van der Waals surface area contributed by atoms with Gasteiger partial charge in [-0.25, -0.2) is 14.6 Å². The van der Waals surface area contributed by atoms with Crippen molar-refractivity contribution in [2.45, 2.75) is 45.7 Å². The lowest BCUT2D eigenvalue weighted by Crippen LogP contribution is -2.22. The van der Waals surface area contributed by atoms with Gasteiger partial charge in [0.1, 0.15) is 5.69 Å². The third-order valence-electron chi connectivity index (χ3n) is 5.51. The highest BCUT2D eigenvalue weighted by Gasteiger charge is 2.17. The first-order valence-electron chi connectivity index (χ1n) is 12.2. The lowest BCUT2D eigenvalue weighted by molar-refractivity contribution is -0.191. The second-order valence-electron chi connectivity index (χ2n) is 9.80. The number of ether oxygens (including phenoxy) is 1. The summed E-state index contributed by atoms with van der Waals surface area (Å²) in [6.07, 6.45) is 2.10.